The number of amides is 1. The van der Waals surface area contributed by atoms with Gasteiger partial charge in [0.1, 0.15) is 12.0 Å². The lowest BCUT2D eigenvalue weighted by atomic mass is 10.1. The number of rotatable bonds is 10. The summed E-state index contributed by atoms with van der Waals surface area (Å²) in [5, 5.41) is 2.72. The molecule has 21 heavy (non-hydrogen) atoms. The van der Waals surface area contributed by atoms with Crippen molar-refractivity contribution < 1.29 is 19.1 Å². The zero-order valence-corrected chi connectivity index (χ0v) is 12.6. The number of ether oxygens (including phenoxy) is 2. The van der Waals surface area contributed by atoms with Gasteiger partial charge in [-0.2, -0.15) is 0 Å². The fraction of sp³-hybridized carbons (Fsp3) is 0.500. The molecule has 0 bridgehead atoms. The highest BCUT2D eigenvalue weighted by atomic mass is 16.5. The second-order valence-corrected chi connectivity index (χ2v) is 5.12. The Morgan fingerprint density at radius 1 is 1.24 bits per heavy atom. The number of carbonyl (C=O) groups is 2. The van der Waals surface area contributed by atoms with Crippen LogP contribution in [0.5, 0.6) is 5.75 Å². The van der Waals surface area contributed by atoms with Crippen LogP contribution in [0.25, 0.3) is 0 Å². The van der Waals surface area contributed by atoms with Crippen molar-refractivity contribution in [2.75, 3.05) is 26.4 Å². The van der Waals surface area contributed by atoms with Crippen LogP contribution in [0.4, 0.5) is 0 Å². The molecule has 116 valence electrons. The minimum atomic E-state index is -0.193. The van der Waals surface area contributed by atoms with E-state index < -0.39 is 0 Å². The van der Waals surface area contributed by atoms with Crippen molar-refractivity contribution in [3.05, 3.63) is 29.8 Å². The second-order valence-electron chi connectivity index (χ2n) is 5.12. The Bertz CT molecular complexity index is 428. The molecule has 0 unspecified atom stereocenters. The molecule has 0 aliphatic carbocycles. The first-order valence-corrected chi connectivity index (χ1v) is 7.14. The van der Waals surface area contributed by atoms with Gasteiger partial charge in [0.25, 0.3) is 5.91 Å². The normalized spacial score (nSPS) is 10.4. The summed E-state index contributed by atoms with van der Waals surface area (Å²) in [4.78, 5) is 22.0. The minimum Gasteiger partial charge on any atom is -0.484 e. The SMILES string of the molecule is CC(C)CCOCCNC(=O)COc1ccc(C=O)cc1. The van der Waals surface area contributed by atoms with E-state index in [-0.39, 0.29) is 12.5 Å². The van der Waals surface area contributed by atoms with E-state index in [4.69, 9.17) is 9.47 Å². The van der Waals surface area contributed by atoms with Crippen molar-refractivity contribution in [2.24, 2.45) is 5.92 Å². The number of aldehydes is 1. The monoisotopic (exact) mass is 293 g/mol. The highest BCUT2D eigenvalue weighted by molar-refractivity contribution is 5.77. The third-order valence-corrected chi connectivity index (χ3v) is 2.79. The summed E-state index contributed by atoms with van der Waals surface area (Å²) in [6, 6.07) is 6.60. The van der Waals surface area contributed by atoms with Gasteiger partial charge >= 0.3 is 0 Å². The van der Waals surface area contributed by atoms with E-state index in [9.17, 15) is 9.59 Å². The molecule has 5 nitrogen and oxygen atoms in total. The lowest BCUT2D eigenvalue weighted by molar-refractivity contribution is -0.123. The Morgan fingerprint density at radius 3 is 2.57 bits per heavy atom. The standard InChI is InChI=1S/C16H23NO4/c1-13(2)7-9-20-10-8-17-16(19)12-21-15-5-3-14(11-18)4-6-15/h3-6,11,13H,7-10,12H2,1-2H3,(H,17,19). The van der Waals surface area contributed by atoms with E-state index in [1.54, 1.807) is 24.3 Å². The van der Waals surface area contributed by atoms with Crippen molar-refractivity contribution >= 4 is 12.2 Å². The molecule has 1 amide bonds. The fourth-order valence-electron chi connectivity index (χ4n) is 1.53. The van der Waals surface area contributed by atoms with Crippen molar-refractivity contribution in [1.82, 2.24) is 5.32 Å². The van der Waals surface area contributed by atoms with Crippen LogP contribution >= 0.6 is 0 Å². The van der Waals surface area contributed by atoms with E-state index in [1.165, 1.54) is 0 Å². The summed E-state index contributed by atoms with van der Waals surface area (Å²) in [6.07, 6.45) is 1.78. The summed E-state index contributed by atoms with van der Waals surface area (Å²) < 4.78 is 10.7. The molecular formula is C16H23NO4. The quantitative estimate of drug-likeness (QED) is 0.530. The van der Waals surface area contributed by atoms with E-state index in [2.05, 4.69) is 19.2 Å². The van der Waals surface area contributed by atoms with Gasteiger partial charge in [0.05, 0.1) is 6.61 Å². The van der Waals surface area contributed by atoms with Crippen LogP contribution in [0.15, 0.2) is 24.3 Å². The molecule has 0 aliphatic heterocycles. The molecular weight excluding hydrogens is 270 g/mol. The molecule has 0 fully saturated rings. The predicted molar refractivity (Wildman–Crippen MR) is 80.6 cm³/mol. The molecule has 0 saturated carbocycles. The molecule has 0 aliphatic rings. The van der Waals surface area contributed by atoms with Gasteiger partial charge in [-0.05, 0) is 36.6 Å². The average molecular weight is 293 g/mol. The van der Waals surface area contributed by atoms with Crippen molar-refractivity contribution in [2.45, 2.75) is 20.3 Å². The van der Waals surface area contributed by atoms with Gasteiger partial charge in [-0.25, -0.2) is 0 Å². The lowest BCUT2D eigenvalue weighted by Crippen LogP contribution is -2.31. The van der Waals surface area contributed by atoms with E-state index in [0.717, 1.165) is 12.7 Å². The Kier molecular flexibility index (Phi) is 8.12. The first-order valence-electron chi connectivity index (χ1n) is 7.14. The van der Waals surface area contributed by atoms with Crippen molar-refractivity contribution in [3.8, 4) is 5.75 Å². The third kappa shape index (κ3) is 8.09. The number of nitrogens with one attached hydrogen (secondary N) is 1. The molecule has 5 heteroatoms. The van der Waals surface area contributed by atoms with Crippen molar-refractivity contribution in [3.63, 3.8) is 0 Å². The average Bonchev–Trinajstić information content (AvgIpc) is 2.49. The minimum absolute atomic E-state index is 0.0492. The Labute approximate surface area is 125 Å². The molecule has 1 aromatic rings. The molecule has 0 heterocycles. The van der Waals surface area contributed by atoms with Gasteiger partial charge in [0.2, 0.25) is 0 Å². The van der Waals surface area contributed by atoms with Crippen LogP contribution in [0.2, 0.25) is 0 Å². The molecule has 0 atom stereocenters. The lowest BCUT2D eigenvalue weighted by Gasteiger charge is -2.09. The Hall–Kier alpha value is -1.88. The van der Waals surface area contributed by atoms with Crippen LogP contribution in [-0.2, 0) is 9.53 Å². The smallest absolute Gasteiger partial charge is 0.258 e. The van der Waals surface area contributed by atoms with E-state index >= 15 is 0 Å². The first kappa shape index (κ1) is 17.2. The molecule has 0 saturated heterocycles. The zero-order chi connectivity index (χ0) is 15.5. The van der Waals surface area contributed by atoms with Crippen LogP contribution in [-0.4, -0.2) is 38.6 Å². The van der Waals surface area contributed by atoms with Crippen molar-refractivity contribution in [1.29, 1.82) is 0 Å². The summed E-state index contributed by atoms with van der Waals surface area (Å²) in [5.41, 5.74) is 0.574. The molecule has 1 aromatic carbocycles. The Balaban J connectivity index is 2.09. The van der Waals surface area contributed by atoms with Crippen LogP contribution < -0.4 is 10.1 Å². The van der Waals surface area contributed by atoms with Gasteiger partial charge in [-0.15, -0.1) is 0 Å². The summed E-state index contributed by atoms with van der Waals surface area (Å²) >= 11 is 0. The van der Waals surface area contributed by atoms with Crippen LogP contribution in [0.3, 0.4) is 0 Å². The first-order chi connectivity index (χ1) is 10.1. The largest absolute Gasteiger partial charge is 0.484 e. The fourth-order valence-corrected chi connectivity index (χ4v) is 1.53. The van der Waals surface area contributed by atoms with Crippen LogP contribution in [0.1, 0.15) is 30.6 Å². The second kappa shape index (κ2) is 9.94. The maximum atomic E-state index is 11.5. The van der Waals surface area contributed by atoms with E-state index in [1.807, 2.05) is 0 Å². The molecule has 0 radical (unpaired) electrons. The van der Waals surface area contributed by atoms with Gasteiger partial charge in [-0.1, -0.05) is 13.8 Å². The maximum Gasteiger partial charge on any atom is 0.258 e. The third-order valence-electron chi connectivity index (χ3n) is 2.79. The zero-order valence-electron chi connectivity index (χ0n) is 12.6. The Morgan fingerprint density at radius 2 is 1.95 bits per heavy atom. The van der Waals surface area contributed by atoms with Gasteiger partial charge in [0.15, 0.2) is 6.61 Å². The highest BCUT2D eigenvalue weighted by Crippen LogP contribution is 2.10. The number of hydrogen-bond acceptors (Lipinski definition) is 4. The summed E-state index contributed by atoms with van der Waals surface area (Å²) in [6.45, 7) is 5.94. The molecule has 1 N–H and O–H groups in total. The maximum absolute atomic E-state index is 11.5. The topological polar surface area (TPSA) is 64.6 Å². The van der Waals surface area contributed by atoms with Gasteiger partial charge in [0, 0.05) is 18.7 Å². The van der Waals surface area contributed by atoms with Gasteiger partial charge in [-0.3, -0.25) is 9.59 Å². The number of benzene rings is 1. The van der Waals surface area contributed by atoms with Gasteiger partial charge < -0.3 is 14.8 Å². The number of hydrogen-bond donors (Lipinski definition) is 1. The summed E-state index contributed by atoms with van der Waals surface area (Å²) in [7, 11) is 0. The number of carbonyl (C=O) groups excluding carboxylic acids is 2. The predicted octanol–water partition coefficient (Wildman–Crippen LogP) is 2.06. The molecule has 1 rings (SSSR count). The van der Waals surface area contributed by atoms with E-state index in [0.29, 0.717) is 37.0 Å². The van der Waals surface area contributed by atoms with Crippen LogP contribution in [0, 0.1) is 5.92 Å². The summed E-state index contributed by atoms with van der Waals surface area (Å²) in [5.74, 6) is 0.990. The molecule has 0 aromatic heterocycles. The highest BCUT2D eigenvalue weighted by Gasteiger charge is 2.02. The molecule has 0 spiro atoms.